The van der Waals surface area contributed by atoms with Crippen LogP contribution in [0.2, 0.25) is 0 Å². The Morgan fingerprint density at radius 1 is 1.13 bits per heavy atom. The molecule has 0 aliphatic heterocycles. The van der Waals surface area contributed by atoms with Crippen molar-refractivity contribution in [1.82, 2.24) is 25.8 Å². The normalized spacial score (nSPS) is 12.1. The summed E-state index contributed by atoms with van der Waals surface area (Å²) in [5.74, 6) is 1.56. The highest BCUT2D eigenvalue weighted by Gasteiger charge is 2.05. The molecule has 0 saturated heterocycles. The van der Waals surface area contributed by atoms with Crippen LogP contribution in [-0.4, -0.2) is 40.8 Å². The van der Waals surface area contributed by atoms with Crippen molar-refractivity contribution >= 4 is 29.9 Å². The number of hydrogen-bond acceptors (Lipinski definition) is 4. The number of aliphatic imine (C=N–C) groups is 1. The van der Waals surface area contributed by atoms with Gasteiger partial charge in [0.25, 0.3) is 0 Å². The minimum Gasteiger partial charge on any atom is -0.374 e. The van der Waals surface area contributed by atoms with E-state index in [1.165, 1.54) is 11.9 Å². The van der Waals surface area contributed by atoms with Crippen molar-refractivity contribution in [3.8, 4) is 11.4 Å². The third kappa shape index (κ3) is 8.29. The predicted molar refractivity (Wildman–Crippen MR) is 135 cm³/mol. The molecule has 1 heterocycles. The molecule has 0 fully saturated rings. The molecule has 3 aromatic rings. The average molecular weight is 534 g/mol. The Kier molecular flexibility index (Phi) is 11.0. The van der Waals surface area contributed by atoms with Crippen LogP contribution in [0.3, 0.4) is 0 Å². The van der Waals surface area contributed by atoms with Gasteiger partial charge in [-0.2, -0.15) is 5.10 Å². The highest BCUT2D eigenvalue weighted by Crippen LogP contribution is 2.16. The van der Waals surface area contributed by atoms with Crippen LogP contribution in [0.15, 0.2) is 65.9 Å². The van der Waals surface area contributed by atoms with Crippen molar-refractivity contribution < 1.29 is 4.74 Å². The number of halogens is 1. The monoisotopic (exact) mass is 534 g/mol. The largest absolute Gasteiger partial charge is 0.374 e. The average Bonchev–Trinajstić information content (AvgIpc) is 3.33. The lowest BCUT2D eigenvalue weighted by atomic mass is 10.1. The van der Waals surface area contributed by atoms with Crippen LogP contribution in [0.5, 0.6) is 0 Å². The van der Waals surface area contributed by atoms with Crippen molar-refractivity contribution in [3.63, 3.8) is 0 Å². The van der Waals surface area contributed by atoms with Gasteiger partial charge in [-0.3, -0.25) is 5.10 Å². The number of aromatic amines is 1. The molecule has 0 aliphatic rings. The van der Waals surface area contributed by atoms with E-state index in [0.29, 0.717) is 13.2 Å². The number of nitrogens with zero attached hydrogens (tertiary/aromatic N) is 3. The first-order valence-electron chi connectivity index (χ1n) is 10.4. The third-order valence-electron chi connectivity index (χ3n) is 4.63. The highest BCUT2D eigenvalue weighted by atomic mass is 127. The highest BCUT2D eigenvalue weighted by molar-refractivity contribution is 14.0. The second-order valence-electron chi connectivity index (χ2n) is 6.93. The molecule has 0 bridgehead atoms. The Bertz CT molecular complexity index is 901. The third-order valence-corrected chi connectivity index (χ3v) is 4.63. The van der Waals surface area contributed by atoms with Gasteiger partial charge in [0.2, 0.25) is 0 Å². The molecule has 0 spiro atoms. The molecule has 7 nitrogen and oxygen atoms in total. The zero-order chi connectivity index (χ0) is 21.0. The summed E-state index contributed by atoms with van der Waals surface area (Å²) in [6, 6.07) is 18.4. The van der Waals surface area contributed by atoms with E-state index in [9.17, 15) is 0 Å². The molecule has 1 unspecified atom stereocenters. The minimum atomic E-state index is 0. The van der Waals surface area contributed by atoms with E-state index in [0.717, 1.165) is 42.4 Å². The quantitative estimate of drug-likeness (QED) is 0.156. The Labute approximate surface area is 201 Å². The molecular weight excluding hydrogens is 503 g/mol. The molecular formula is C23H31IN6O. The van der Waals surface area contributed by atoms with Crippen LogP contribution in [-0.2, 0) is 11.3 Å². The summed E-state index contributed by atoms with van der Waals surface area (Å²) in [7, 11) is 0. The predicted octanol–water partition coefficient (Wildman–Crippen LogP) is 4.31. The van der Waals surface area contributed by atoms with Crippen molar-refractivity contribution in [2.24, 2.45) is 4.99 Å². The zero-order valence-electron chi connectivity index (χ0n) is 18.0. The molecule has 0 saturated carbocycles. The van der Waals surface area contributed by atoms with E-state index in [1.54, 1.807) is 0 Å². The van der Waals surface area contributed by atoms with Gasteiger partial charge in [-0.25, -0.2) is 9.98 Å². The molecule has 2 aromatic carbocycles. The summed E-state index contributed by atoms with van der Waals surface area (Å²) in [4.78, 5) is 8.90. The van der Waals surface area contributed by atoms with Gasteiger partial charge in [0, 0.05) is 25.3 Å². The van der Waals surface area contributed by atoms with Gasteiger partial charge < -0.3 is 15.4 Å². The lowest BCUT2D eigenvalue weighted by Gasteiger charge is -2.14. The van der Waals surface area contributed by atoms with Gasteiger partial charge in [-0.1, -0.05) is 48.5 Å². The maximum atomic E-state index is 5.93. The minimum absolute atomic E-state index is 0. The summed E-state index contributed by atoms with van der Waals surface area (Å²) < 4.78 is 5.93. The second kappa shape index (κ2) is 13.8. The molecule has 0 aliphatic carbocycles. The van der Waals surface area contributed by atoms with Crippen LogP contribution >= 0.6 is 24.0 Å². The Morgan fingerprint density at radius 3 is 2.71 bits per heavy atom. The van der Waals surface area contributed by atoms with Crippen LogP contribution in [0, 0.1) is 0 Å². The van der Waals surface area contributed by atoms with Crippen molar-refractivity contribution in [2.45, 2.75) is 32.9 Å². The lowest BCUT2D eigenvalue weighted by molar-refractivity contribution is 0.0646. The fourth-order valence-electron chi connectivity index (χ4n) is 3.03. The summed E-state index contributed by atoms with van der Waals surface area (Å²) in [5.41, 5.74) is 3.32. The molecule has 31 heavy (non-hydrogen) atoms. The first-order chi connectivity index (χ1) is 14.8. The van der Waals surface area contributed by atoms with E-state index < -0.39 is 0 Å². The Hall–Kier alpha value is -2.46. The molecule has 3 rings (SSSR count). The van der Waals surface area contributed by atoms with E-state index in [2.05, 4.69) is 63.9 Å². The molecule has 1 aromatic heterocycles. The number of aromatic nitrogens is 3. The number of ether oxygens (including phenoxy) is 1. The summed E-state index contributed by atoms with van der Waals surface area (Å²) >= 11 is 0. The maximum absolute atomic E-state index is 5.93. The molecule has 3 N–H and O–H groups in total. The van der Waals surface area contributed by atoms with E-state index in [-0.39, 0.29) is 30.1 Å². The standard InChI is InChI=1S/C23H30N6O.HI/c1-3-24-23(25-13-8-14-30-18(2)20-10-5-4-6-11-20)26-16-19-9-7-12-21(15-19)22-27-17-28-29-22;/h4-7,9-12,15,17-18H,3,8,13-14,16H2,1-2H3,(H2,24,25,26)(H,27,28,29);1H. The first-order valence-corrected chi connectivity index (χ1v) is 10.4. The summed E-state index contributed by atoms with van der Waals surface area (Å²) in [5, 5.41) is 13.5. The van der Waals surface area contributed by atoms with Gasteiger partial charge in [0.1, 0.15) is 6.33 Å². The van der Waals surface area contributed by atoms with Gasteiger partial charge in [0.15, 0.2) is 11.8 Å². The second-order valence-corrected chi connectivity index (χ2v) is 6.93. The van der Waals surface area contributed by atoms with Crippen LogP contribution in [0.25, 0.3) is 11.4 Å². The maximum Gasteiger partial charge on any atom is 0.191 e. The number of guanidine groups is 1. The number of rotatable bonds is 10. The van der Waals surface area contributed by atoms with Crippen molar-refractivity contribution in [2.75, 3.05) is 19.7 Å². The molecule has 0 amide bonds. The first kappa shape index (κ1) is 24.8. The molecule has 0 radical (unpaired) electrons. The van der Waals surface area contributed by atoms with Crippen molar-refractivity contribution in [1.29, 1.82) is 0 Å². The topological polar surface area (TPSA) is 87.2 Å². The van der Waals surface area contributed by atoms with Crippen LogP contribution in [0.1, 0.15) is 37.5 Å². The fraction of sp³-hybridized carbons (Fsp3) is 0.348. The smallest absolute Gasteiger partial charge is 0.191 e. The summed E-state index contributed by atoms with van der Waals surface area (Å²) in [6.07, 6.45) is 2.52. The van der Waals surface area contributed by atoms with Crippen LogP contribution < -0.4 is 10.6 Å². The van der Waals surface area contributed by atoms with E-state index in [1.807, 2.05) is 30.3 Å². The van der Waals surface area contributed by atoms with Crippen LogP contribution in [0.4, 0.5) is 0 Å². The molecule has 1 atom stereocenters. The van der Waals surface area contributed by atoms with E-state index >= 15 is 0 Å². The number of H-pyrrole nitrogens is 1. The fourth-order valence-corrected chi connectivity index (χ4v) is 3.03. The van der Waals surface area contributed by atoms with Crippen molar-refractivity contribution in [3.05, 3.63) is 72.1 Å². The zero-order valence-corrected chi connectivity index (χ0v) is 20.4. The summed E-state index contributed by atoms with van der Waals surface area (Å²) in [6.45, 7) is 7.03. The van der Waals surface area contributed by atoms with Gasteiger partial charge in [-0.15, -0.1) is 24.0 Å². The van der Waals surface area contributed by atoms with Gasteiger partial charge in [-0.05, 0) is 37.5 Å². The molecule has 8 heteroatoms. The Morgan fingerprint density at radius 2 is 1.97 bits per heavy atom. The lowest BCUT2D eigenvalue weighted by Crippen LogP contribution is -2.38. The van der Waals surface area contributed by atoms with Gasteiger partial charge >= 0.3 is 0 Å². The SMILES string of the molecule is CCNC(=NCc1cccc(-c2ncn[nH]2)c1)NCCCOC(C)c1ccccc1.I. The number of nitrogens with one attached hydrogen (secondary N) is 3. The van der Waals surface area contributed by atoms with Gasteiger partial charge in [0.05, 0.1) is 12.6 Å². The van der Waals surface area contributed by atoms with E-state index in [4.69, 9.17) is 9.73 Å². The Balaban J connectivity index is 0.00000341. The number of benzene rings is 2. The number of hydrogen-bond donors (Lipinski definition) is 3. The molecule has 166 valence electrons.